The molecule has 5 rings (SSSR count). The highest BCUT2D eigenvalue weighted by Crippen LogP contribution is 2.28. The Labute approximate surface area is 190 Å². The molecule has 4 aromatic rings. The van der Waals surface area contributed by atoms with Gasteiger partial charge in [-0.25, -0.2) is 4.79 Å². The van der Waals surface area contributed by atoms with E-state index in [1.54, 1.807) is 47.0 Å². The Morgan fingerprint density at radius 2 is 1.69 bits per heavy atom. The zero-order chi connectivity index (χ0) is 22.1. The van der Waals surface area contributed by atoms with Crippen molar-refractivity contribution in [1.82, 2.24) is 9.47 Å². The summed E-state index contributed by atoms with van der Waals surface area (Å²) in [6, 6.07) is 22.7. The maximum absolute atomic E-state index is 12.8. The number of hydrogen-bond acceptors (Lipinski definition) is 4. The molecule has 3 aromatic carbocycles. The van der Waals surface area contributed by atoms with Gasteiger partial charge in [0.15, 0.2) is 11.4 Å². The number of nitrogens with zero attached hydrogens (tertiary/aromatic N) is 2. The van der Waals surface area contributed by atoms with E-state index >= 15 is 0 Å². The first-order chi connectivity index (χ1) is 15.6. The first kappa shape index (κ1) is 20.7. The number of aromatic nitrogens is 1. The van der Waals surface area contributed by atoms with Gasteiger partial charge in [0, 0.05) is 24.2 Å². The first-order valence-corrected chi connectivity index (χ1v) is 11.2. The molecule has 6 heteroatoms. The van der Waals surface area contributed by atoms with Crippen molar-refractivity contribution in [2.75, 3.05) is 13.1 Å². The number of oxazole rings is 1. The lowest BCUT2D eigenvalue weighted by Crippen LogP contribution is -2.36. The number of halogens is 1. The number of hydrogen-bond donors (Lipinski definition) is 0. The summed E-state index contributed by atoms with van der Waals surface area (Å²) >= 11 is 6.17. The van der Waals surface area contributed by atoms with E-state index in [4.69, 9.17) is 16.0 Å². The monoisotopic (exact) mass is 446 g/mol. The topological polar surface area (TPSA) is 55.5 Å². The van der Waals surface area contributed by atoms with Gasteiger partial charge in [-0.1, -0.05) is 54.1 Å². The quantitative estimate of drug-likeness (QED) is 0.389. The van der Waals surface area contributed by atoms with Gasteiger partial charge < -0.3 is 4.42 Å². The molecular formula is C26H23ClN2O3. The van der Waals surface area contributed by atoms with Crippen molar-refractivity contribution in [2.24, 2.45) is 0 Å². The van der Waals surface area contributed by atoms with Crippen LogP contribution in [0.25, 0.3) is 11.1 Å². The molecule has 5 nitrogen and oxygen atoms in total. The lowest BCUT2D eigenvalue weighted by atomic mass is 9.90. The largest absolute Gasteiger partial charge is 0.421 e. The number of likely N-dealkylation sites (tertiary alicyclic amines) is 1. The lowest BCUT2D eigenvalue weighted by molar-refractivity contribution is 0.103. The SMILES string of the molecule is O=C(c1ccc2c(c1)oc(=O)n2CN1CCC(c2ccccc2)CC1)c1ccccc1Cl. The molecule has 0 spiro atoms. The number of rotatable bonds is 5. The smallest absolute Gasteiger partial charge is 0.408 e. The van der Waals surface area contributed by atoms with Gasteiger partial charge in [0.1, 0.15) is 0 Å². The summed E-state index contributed by atoms with van der Waals surface area (Å²) in [5, 5.41) is 0.399. The van der Waals surface area contributed by atoms with Crippen molar-refractivity contribution in [3.8, 4) is 0 Å². The molecule has 162 valence electrons. The normalized spacial score (nSPS) is 15.3. The molecule has 0 bridgehead atoms. The lowest BCUT2D eigenvalue weighted by Gasteiger charge is -2.32. The van der Waals surface area contributed by atoms with E-state index in [-0.39, 0.29) is 5.78 Å². The Kier molecular flexibility index (Phi) is 5.68. The van der Waals surface area contributed by atoms with Crippen molar-refractivity contribution >= 4 is 28.5 Å². The molecule has 0 N–H and O–H groups in total. The van der Waals surface area contributed by atoms with Crippen molar-refractivity contribution in [3.05, 3.63) is 105 Å². The predicted molar refractivity (Wildman–Crippen MR) is 125 cm³/mol. The van der Waals surface area contributed by atoms with Crippen LogP contribution in [-0.2, 0) is 6.67 Å². The zero-order valence-electron chi connectivity index (χ0n) is 17.5. The van der Waals surface area contributed by atoms with Crippen LogP contribution in [0.3, 0.4) is 0 Å². The molecule has 1 saturated heterocycles. The average Bonchev–Trinajstić information content (AvgIpc) is 3.14. The van der Waals surface area contributed by atoms with Gasteiger partial charge in [0.2, 0.25) is 0 Å². The summed E-state index contributed by atoms with van der Waals surface area (Å²) in [6.45, 7) is 2.31. The van der Waals surface area contributed by atoms with Crippen LogP contribution in [0.5, 0.6) is 0 Å². The van der Waals surface area contributed by atoms with Crippen LogP contribution in [0.15, 0.2) is 82.0 Å². The Morgan fingerprint density at radius 3 is 2.44 bits per heavy atom. The van der Waals surface area contributed by atoms with Gasteiger partial charge in [-0.3, -0.25) is 14.3 Å². The fourth-order valence-corrected chi connectivity index (χ4v) is 4.70. The summed E-state index contributed by atoms with van der Waals surface area (Å²) in [5.74, 6) is -0.0490. The van der Waals surface area contributed by atoms with E-state index in [0.29, 0.717) is 39.8 Å². The summed E-state index contributed by atoms with van der Waals surface area (Å²) in [6.07, 6.45) is 2.12. The third-order valence-electron chi connectivity index (χ3n) is 6.25. The molecule has 32 heavy (non-hydrogen) atoms. The van der Waals surface area contributed by atoms with E-state index in [1.165, 1.54) is 5.56 Å². The van der Waals surface area contributed by atoms with Crippen LogP contribution < -0.4 is 5.76 Å². The van der Waals surface area contributed by atoms with Gasteiger partial charge >= 0.3 is 5.76 Å². The molecule has 0 aliphatic carbocycles. The maximum Gasteiger partial charge on any atom is 0.421 e. The second-order valence-electron chi connectivity index (χ2n) is 8.23. The first-order valence-electron chi connectivity index (χ1n) is 10.8. The highest BCUT2D eigenvalue weighted by atomic mass is 35.5. The van der Waals surface area contributed by atoms with E-state index in [2.05, 4.69) is 29.2 Å². The van der Waals surface area contributed by atoms with Crippen LogP contribution in [0.1, 0.15) is 40.2 Å². The average molecular weight is 447 g/mol. The van der Waals surface area contributed by atoms with Crippen LogP contribution >= 0.6 is 11.6 Å². The summed E-state index contributed by atoms with van der Waals surface area (Å²) in [4.78, 5) is 27.7. The third-order valence-corrected chi connectivity index (χ3v) is 6.58. The number of fused-ring (bicyclic) bond motifs is 1. The number of piperidine rings is 1. The van der Waals surface area contributed by atoms with Crippen molar-refractivity contribution < 1.29 is 9.21 Å². The van der Waals surface area contributed by atoms with E-state index in [1.807, 2.05) is 6.07 Å². The Morgan fingerprint density at radius 1 is 0.969 bits per heavy atom. The Balaban J connectivity index is 1.33. The van der Waals surface area contributed by atoms with Gasteiger partial charge in [-0.2, -0.15) is 0 Å². The fourth-order valence-electron chi connectivity index (χ4n) is 4.48. The third kappa shape index (κ3) is 4.01. The second kappa shape index (κ2) is 8.77. The highest BCUT2D eigenvalue weighted by molar-refractivity contribution is 6.35. The van der Waals surface area contributed by atoms with E-state index in [9.17, 15) is 9.59 Å². The Bertz CT molecular complexity index is 1320. The molecule has 1 aliphatic rings. The van der Waals surface area contributed by atoms with Crippen LogP contribution in [0, 0.1) is 0 Å². The van der Waals surface area contributed by atoms with Crippen LogP contribution in [-0.4, -0.2) is 28.3 Å². The fraction of sp³-hybridized carbons (Fsp3) is 0.231. The summed E-state index contributed by atoms with van der Waals surface area (Å²) in [5.41, 5.74) is 3.35. The molecule has 2 heterocycles. The van der Waals surface area contributed by atoms with Gasteiger partial charge in [0.25, 0.3) is 0 Å². The molecule has 0 saturated carbocycles. The van der Waals surface area contributed by atoms with Gasteiger partial charge in [-0.15, -0.1) is 0 Å². The van der Waals surface area contributed by atoms with Gasteiger partial charge in [0.05, 0.1) is 17.2 Å². The van der Waals surface area contributed by atoms with Gasteiger partial charge in [-0.05, 0) is 54.7 Å². The number of carbonyl (C=O) groups is 1. The molecule has 1 aliphatic heterocycles. The van der Waals surface area contributed by atoms with Crippen LogP contribution in [0.2, 0.25) is 5.02 Å². The molecule has 0 radical (unpaired) electrons. The Hall–Kier alpha value is -3.15. The van der Waals surface area contributed by atoms with Crippen molar-refractivity contribution in [2.45, 2.75) is 25.4 Å². The second-order valence-corrected chi connectivity index (χ2v) is 8.64. The number of ketones is 1. The molecular weight excluding hydrogens is 424 g/mol. The minimum absolute atomic E-state index is 0.198. The molecule has 0 unspecified atom stereocenters. The molecule has 1 aromatic heterocycles. The number of carbonyl (C=O) groups excluding carboxylic acids is 1. The van der Waals surface area contributed by atoms with E-state index in [0.717, 1.165) is 25.9 Å². The minimum atomic E-state index is -0.410. The maximum atomic E-state index is 12.8. The van der Waals surface area contributed by atoms with Crippen molar-refractivity contribution in [1.29, 1.82) is 0 Å². The molecule has 0 amide bonds. The molecule has 0 atom stereocenters. The molecule has 1 fully saturated rings. The zero-order valence-corrected chi connectivity index (χ0v) is 18.3. The van der Waals surface area contributed by atoms with E-state index < -0.39 is 5.76 Å². The predicted octanol–water partition coefficient (Wildman–Crippen LogP) is 5.32. The van der Waals surface area contributed by atoms with Crippen LogP contribution in [0.4, 0.5) is 0 Å². The number of benzene rings is 3. The summed E-state index contributed by atoms with van der Waals surface area (Å²) in [7, 11) is 0. The highest BCUT2D eigenvalue weighted by Gasteiger charge is 2.22. The standard InChI is InChI=1S/C26H23ClN2O3/c27-22-9-5-4-8-21(22)25(30)20-10-11-23-24(16-20)32-26(31)29(23)17-28-14-12-19(13-15-28)18-6-2-1-3-7-18/h1-11,16,19H,12-15,17H2. The minimum Gasteiger partial charge on any atom is -0.408 e. The summed E-state index contributed by atoms with van der Waals surface area (Å²) < 4.78 is 7.12. The van der Waals surface area contributed by atoms with Crippen molar-refractivity contribution in [3.63, 3.8) is 0 Å².